The van der Waals surface area contributed by atoms with Crippen molar-refractivity contribution in [1.29, 1.82) is 0 Å². The molecule has 0 bridgehead atoms. The summed E-state index contributed by atoms with van der Waals surface area (Å²) in [5.41, 5.74) is 0.0166. The van der Waals surface area contributed by atoms with E-state index in [9.17, 15) is 9.18 Å². The second-order valence-electron chi connectivity index (χ2n) is 3.41. The first-order valence-corrected chi connectivity index (χ1v) is 5.97. The summed E-state index contributed by atoms with van der Waals surface area (Å²) in [6.45, 7) is 0. The highest BCUT2D eigenvalue weighted by atomic mass is 79.9. The summed E-state index contributed by atoms with van der Waals surface area (Å²) in [7, 11) is 0. The van der Waals surface area contributed by atoms with Crippen molar-refractivity contribution in [1.82, 2.24) is 9.97 Å². The first kappa shape index (κ1) is 12.8. The minimum atomic E-state index is -1.18. The molecular formula is C11H6BrFN2O2S. The Morgan fingerprint density at radius 2 is 2.17 bits per heavy atom. The molecule has 1 aromatic carbocycles. The fraction of sp³-hybridized carbons (Fsp3) is 0. The number of aromatic amines is 1. The number of hydrogen-bond donors (Lipinski definition) is 2. The van der Waals surface area contributed by atoms with Crippen LogP contribution >= 0.6 is 28.1 Å². The second-order valence-corrected chi connectivity index (χ2v) is 4.74. The molecule has 0 aliphatic heterocycles. The summed E-state index contributed by atoms with van der Waals surface area (Å²) in [6, 6.07) is 5.49. The van der Waals surface area contributed by atoms with Gasteiger partial charge in [0.05, 0.1) is 5.56 Å². The number of carboxylic acids is 1. The van der Waals surface area contributed by atoms with Crippen molar-refractivity contribution in [3.63, 3.8) is 0 Å². The van der Waals surface area contributed by atoms with Crippen molar-refractivity contribution >= 4 is 34.1 Å². The van der Waals surface area contributed by atoms with Gasteiger partial charge in [0, 0.05) is 10.5 Å². The highest BCUT2D eigenvalue weighted by Crippen LogP contribution is 2.23. The molecular weight excluding hydrogens is 323 g/mol. The van der Waals surface area contributed by atoms with Crippen LogP contribution in [0, 0.1) is 10.5 Å². The van der Waals surface area contributed by atoms with E-state index in [1.165, 1.54) is 24.3 Å². The van der Waals surface area contributed by atoms with Gasteiger partial charge in [-0.2, -0.15) is 0 Å². The van der Waals surface area contributed by atoms with E-state index in [1.54, 1.807) is 0 Å². The van der Waals surface area contributed by atoms with E-state index in [2.05, 4.69) is 25.9 Å². The molecule has 0 atom stereocenters. The quantitative estimate of drug-likeness (QED) is 0.829. The Hall–Kier alpha value is -1.60. The average molecular weight is 329 g/mol. The predicted molar refractivity (Wildman–Crippen MR) is 69.5 cm³/mol. The third kappa shape index (κ3) is 2.62. The highest BCUT2D eigenvalue weighted by Gasteiger charge is 2.11. The van der Waals surface area contributed by atoms with Gasteiger partial charge in [-0.15, -0.1) is 0 Å². The van der Waals surface area contributed by atoms with E-state index in [-0.39, 0.29) is 21.7 Å². The van der Waals surface area contributed by atoms with Crippen molar-refractivity contribution < 1.29 is 14.3 Å². The molecule has 2 aromatic rings. The predicted octanol–water partition coefficient (Wildman–Crippen LogP) is 3.41. The van der Waals surface area contributed by atoms with Gasteiger partial charge in [-0.1, -0.05) is 28.1 Å². The van der Waals surface area contributed by atoms with Crippen LogP contribution in [0.15, 0.2) is 28.7 Å². The van der Waals surface area contributed by atoms with Gasteiger partial charge in [-0.3, -0.25) is 0 Å². The van der Waals surface area contributed by atoms with Gasteiger partial charge in [0.15, 0.2) is 0 Å². The van der Waals surface area contributed by atoms with Crippen LogP contribution in [0.3, 0.4) is 0 Å². The SMILES string of the molecule is O=C(O)c1cc(=S)nc(-c2cc(Br)ccc2F)[nH]1. The first-order valence-electron chi connectivity index (χ1n) is 4.77. The maximum Gasteiger partial charge on any atom is 0.352 e. The van der Waals surface area contributed by atoms with Crippen molar-refractivity contribution in [3.05, 3.63) is 44.9 Å². The summed E-state index contributed by atoms with van der Waals surface area (Å²) in [5, 5.41) is 8.90. The Morgan fingerprint density at radius 3 is 2.83 bits per heavy atom. The molecule has 0 saturated carbocycles. The zero-order valence-corrected chi connectivity index (χ0v) is 11.2. The normalized spacial score (nSPS) is 10.3. The number of H-pyrrole nitrogens is 1. The van der Waals surface area contributed by atoms with Crippen LogP contribution in [0.5, 0.6) is 0 Å². The molecule has 18 heavy (non-hydrogen) atoms. The van der Waals surface area contributed by atoms with E-state index in [4.69, 9.17) is 17.3 Å². The standard InChI is InChI=1S/C11H6BrFN2O2S/c12-5-1-2-7(13)6(3-5)10-14-8(11(16)17)4-9(18)15-10/h1-4H,(H,16,17)(H,14,15,18). The zero-order chi connectivity index (χ0) is 13.3. The molecule has 2 rings (SSSR count). The van der Waals surface area contributed by atoms with Gasteiger partial charge in [0.2, 0.25) is 0 Å². The van der Waals surface area contributed by atoms with Crippen molar-refractivity contribution in [2.24, 2.45) is 0 Å². The highest BCUT2D eigenvalue weighted by molar-refractivity contribution is 9.10. The molecule has 0 aliphatic rings. The Labute approximate surface area is 115 Å². The summed E-state index contributed by atoms with van der Waals surface area (Å²) in [6.07, 6.45) is 0. The Morgan fingerprint density at radius 1 is 1.44 bits per heavy atom. The zero-order valence-electron chi connectivity index (χ0n) is 8.78. The molecule has 92 valence electrons. The molecule has 0 aliphatic carbocycles. The fourth-order valence-electron chi connectivity index (χ4n) is 1.38. The molecule has 1 heterocycles. The molecule has 0 spiro atoms. The van der Waals surface area contributed by atoms with E-state index in [0.717, 1.165) is 0 Å². The Balaban J connectivity index is 2.67. The van der Waals surface area contributed by atoms with Gasteiger partial charge in [-0.25, -0.2) is 14.2 Å². The van der Waals surface area contributed by atoms with E-state index < -0.39 is 11.8 Å². The molecule has 7 heteroatoms. The third-order valence-corrected chi connectivity index (χ3v) is 2.86. The Bertz CT molecular complexity index is 687. The van der Waals surface area contributed by atoms with Gasteiger partial charge >= 0.3 is 5.97 Å². The van der Waals surface area contributed by atoms with Gasteiger partial charge in [0.1, 0.15) is 22.0 Å². The molecule has 0 radical (unpaired) electrons. The van der Waals surface area contributed by atoms with Crippen molar-refractivity contribution in [3.8, 4) is 11.4 Å². The van der Waals surface area contributed by atoms with Gasteiger partial charge < -0.3 is 10.1 Å². The lowest BCUT2D eigenvalue weighted by Crippen LogP contribution is -2.03. The number of nitrogens with zero attached hydrogens (tertiary/aromatic N) is 1. The number of nitrogens with one attached hydrogen (secondary N) is 1. The smallest absolute Gasteiger partial charge is 0.352 e. The lowest BCUT2D eigenvalue weighted by Gasteiger charge is -2.05. The molecule has 2 N–H and O–H groups in total. The van der Waals surface area contributed by atoms with Gasteiger partial charge in [0.25, 0.3) is 0 Å². The monoisotopic (exact) mass is 328 g/mol. The maximum absolute atomic E-state index is 13.7. The number of rotatable bonds is 2. The first-order chi connectivity index (χ1) is 8.47. The minimum Gasteiger partial charge on any atom is -0.477 e. The average Bonchev–Trinajstić information content (AvgIpc) is 2.31. The second kappa shape index (κ2) is 4.95. The minimum absolute atomic E-state index is 0.0821. The number of aromatic carboxylic acids is 1. The summed E-state index contributed by atoms with van der Waals surface area (Å²) in [5.74, 6) is -1.61. The number of benzene rings is 1. The van der Waals surface area contributed by atoms with Crippen LogP contribution in [-0.4, -0.2) is 21.0 Å². The van der Waals surface area contributed by atoms with Crippen LogP contribution in [0.25, 0.3) is 11.4 Å². The van der Waals surface area contributed by atoms with Crippen LogP contribution in [0.2, 0.25) is 0 Å². The van der Waals surface area contributed by atoms with E-state index in [1.807, 2.05) is 0 Å². The molecule has 0 fully saturated rings. The number of carboxylic acid groups (broad SMARTS) is 1. The number of aromatic nitrogens is 2. The summed E-state index contributed by atoms with van der Waals surface area (Å²) < 4.78 is 14.4. The molecule has 1 aromatic heterocycles. The number of hydrogen-bond acceptors (Lipinski definition) is 3. The number of carbonyl (C=O) groups is 1. The summed E-state index contributed by atoms with van der Waals surface area (Å²) >= 11 is 8.06. The lowest BCUT2D eigenvalue weighted by molar-refractivity contribution is 0.0690. The molecule has 0 unspecified atom stereocenters. The van der Waals surface area contributed by atoms with Crippen LogP contribution in [0.1, 0.15) is 10.5 Å². The molecule has 0 saturated heterocycles. The molecule has 4 nitrogen and oxygen atoms in total. The Kier molecular flexibility index (Phi) is 3.53. The molecule has 0 amide bonds. The maximum atomic E-state index is 13.7. The van der Waals surface area contributed by atoms with Crippen molar-refractivity contribution in [2.75, 3.05) is 0 Å². The van der Waals surface area contributed by atoms with Crippen LogP contribution in [-0.2, 0) is 0 Å². The third-order valence-electron chi connectivity index (χ3n) is 2.16. The van der Waals surface area contributed by atoms with Crippen LogP contribution in [0.4, 0.5) is 4.39 Å². The lowest BCUT2D eigenvalue weighted by atomic mass is 10.2. The number of halogens is 2. The van der Waals surface area contributed by atoms with E-state index in [0.29, 0.717) is 4.47 Å². The largest absolute Gasteiger partial charge is 0.477 e. The topological polar surface area (TPSA) is 66.0 Å². The van der Waals surface area contributed by atoms with Crippen molar-refractivity contribution in [2.45, 2.75) is 0 Å². The van der Waals surface area contributed by atoms with Crippen LogP contribution < -0.4 is 0 Å². The summed E-state index contributed by atoms with van der Waals surface area (Å²) in [4.78, 5) is 17.3. The fourth-order valence-corrected chi connectivity index (χ4v) is 1.95. The van der Waals surface area contributed by atoms with E-state index >= 15 is 0 Å². The van der Waals surface area contributed by atoms with Gasteiger partial charge in [-0.05, 0) is 18.2 Å².